The molecule has 2 heterocycles. The number of nitrogens with zero attached hydrogens (tertiary/aromatic N) is 4. The van der Waals surface area contributed by atoms with Gasteiger partial charge in [-0.3, -0.25) is 14.5 Å². The Morgan fingerprint density at radius 2 is 2.03 bits per heavy atom. The monoisotopic (exact) mass is 424 g/mol. The number of likely N-dealkylation sites (N-methyl/N-ethyl adjacent to an activating group) is 1. The van der Waals surface area contributed by atoms with Gasteiger partial charge in [0.05, 0.1) is 12.3 Å². The zero-order valence-electron chi connectivity index (χ0n) is 18.6. The lowest BCUT2D eigenvalue weighted by Gasteiger charge is -2.31. The second-order valence-electron chi connectivity index (χ2n) is 9.43. The van der Waals surface area contributed by atoms with Gasteiger partial charge >= 0.3 is 0 Å². The molecule has 2 amide bonds. The number of amides is 2. The van der Waals surface area contributed by atoms with Gasteiger partial charge in [0.25, 0.3) is 5.91 Å². The van der Waals surface area contributed by atoms with Crippen molar-refractivity contribution in [3.63, 3.8) is 0 Å². The van der Waals surface area contributed by atoms with Gasteiger partial charge < -0.3 is 14.5 Å². The molecule has 7 nitrogen and oxygen atoms in total. The molecule has 1 saturated heterocycles. The van der Waals surface area contributed by atoms with Crippen molar-refractivity contribution in [2.75, 3.05) is 20.7 Å². The molecule has 166 valence electrons. The first kappa shape index (κ1) is 20.3. The number of guanidine groups is 1. The smallest absolute Gasteiger partial charge is 0.255 e. The van der Waals surface area contributed by atoms with Gasteiger partial charge in [0.2, 0.25) is 11.9 Å². The van der Waals surface area contributed by atoms with Crippen LogP contribution in [0.2, 0.25) is 0 Å². The summed E-state index contributed by atoms with van der Waals surface area (Å²) < 4.78 is 5.95. The van der Waals surface area contributed by atoms with E-state index in [1.807, 2.05) is 37.2 Å². The van der Waals surface area contributed by atoms with E-state index in [4.69, 9.17) is 9.73 Å². The normalized spacial score (nSPS) is 21.6. The van der Waals surface area contributed by atoms with Gasteiger partial charge in [-0.05, 0) is 50.3 Å². The Balaban J connectivity index is 1.15. The Labute approximate surface area is 184 Å². The number of fused-ring (bicyclic) bond motifs is 3. The highest BCUT2D eigenvalue weighted by molar-refractivity contribution is 6.11. The van der Waals surface area contributed by atoms with Gasteiger partial charge in [-0.2, -0.15) is 0 Å². The van der Waals surface area contributed by atoms with Gasteiger partial charge in [-0.1, -0.05) is 19.3 Å². The number of aliphatic imine (C=N–C) groups is 1. The molecule has 2 saturated carbocycles. The molecule has 2 aliphatic carbocycles. The molecule has 1 spiro atoms. The molecule has 0 atom stereocenters. The molecular formula is C24H32N4O3. The minimum Gasteiger partial charge on any atom is -0.494 e. The summed E-state index contributed by atoms with van der Waals surface area (Å²) in [6, 6.07) is 6.34. The number of hydrogen-bond donors (Lipinski definition) is 0. The second-order valence-corrected chi connectivity index (χ2v) is 9.43. The first-order chi connectivity index (χ1) is 15.0. The average molecular weight is 425 g/mol. The predicted octanol–water partition coefficient (Wildman–Crippen LogP) is 3.44. The summed E-state index contributed by atoms with van der Waals surface area (Å²) in [5.41, 5.74) is 1.64. The molecule has 5 rings (SSSR count). The standard InChI is InChI=1S/C24H32N4O3/c1-26(18-7-4-3-5-8-18)21(29)9-6-14-31-19-10-11-20-17(15-19)16-28-23(25-20)27(2)22(30)24(28)12-13-24/h10-11,15,18H,3-9,12-14,16H2,1-2H3. The Morgan fingerprint density at radius 1 is 1.26 bits per heavy atom. The van der Waals surface area contributed by atoms with Crippen LogP contribution in [0.25, 0.3) is 0 Å². The third-order valence-electron chi connectivity index (χ3n) is 7.40. The first-order valence-electron chi connectivity index (χ1n) is 11.7. The van der Waals surface area contributed by atoms with Gasteiger partial charge in [-0.15, -0.1) is 0 Å². The molecular weight excluding hydrogens is 392 g/mol. The minimum absolute atomic E-state index is 0.165. The lowest BCUT2D eigenvalue weighted by molar-refractivity contribution is -0.132. The largest absolute Gasteiger partial charge is 0.494 e. The summed E-state index contributed by atoms with van der Waals surface area (Å²) in [5, 5.41) is 0. The van der Waals surface area contributed by atoms with Crippen LogP contribution in [0.4, 0.5) is 5.69 Å². The highest BCUT2D eigenvalue weighted by atomic mass is 16.5. The number of ether oxygens (including phenoxy) is 1. The van der Waals surface area contributed by atoms with Crippen molar-refractivity contribution < 1.29 is 14.3 Å². The van der Waals surface area contributed by atoms with E-state index in [1.54, 1.807) is 4.90 Å². The van der Waals surface area contributed by atoms with E-state index < -0.39 is 0 Å². The van der Waals surface area contributed by atoms with Crippen LogP contribution in [0, 0.1) is 0 Å². The van der Waals surface area contributed by atoms with Crippen molar-refractivity contribution in [3.05, 3.63) is 23.8 Å². The zero-order chi connectivity index (χ0) is 21.6. The molecule has 0 N–H and O–H groups in total. The van der Waals surface area contributed by atoms with Crippen LogP contribution in [0.15, 0.2) is 23.2 Å². The number of carbonyl (C=O) groups excluding carboxylic acids is 2. The molecule has 7 heteroatoms. The maximum absolute atomic E-state index is 12.6. The predicted molar refractivity (Wildman–Crippen MR) is 118 cm³/mol. The van der Waals surface area contributed by atoms with Gasteiger partial charge in [-0.25, -0.2) is 4.99 Å². The van der Waals surface area contributed by atoms with E-state index in [9.17, 15) is 9.59 Å². The van der Waals surface area contributed by atoms with Crippen LogP contribution in [-0.2, 0) is 16.1 Å². The van der Waals surface area contributed by atoms with Gasteiger partial charge in [0, 0.05) is 38.7 Å². The molecule has 0 unspecified atom stereocenters. The summed E-state index contributed by atoms with van der Waals surface area (Å²) in [4.78, 5) is 35.6. The summed E-state index contributed by atoms with van der Waals surface area (Å²) in [6.45, 7) is 1.21. The lowest BCUT2D eigenvalue weighted by atomic mass is 9.94. The lowest BCUT2D eigenvalue weighted by Crippen LogP contribution is -2.38. The molecule has 0 bridgehead atoms. The van der Waals surface area contributed by atoms with Crippen molar-refractivity contribution in [3.8, 4) is 5.75 Å². The van der Waals surface area contributed by atoms with E-state index in [2.05, 4.69) is 4.90 Å². The topological polar surface area (TPSA) is 65.5 Å². The Hall–Kier alpha value is -2.57. The summed E-state index contributed by atoms with van der Waals surface area (Å²) in [7, 11) is 3.77. The van der Waals surface area contributed by atoms with Crippen LogP contribution >= 0.6 is 0 Å². The number of hydrogen-bond acceptors (Lipinski definition) is 5. The Morgan fingerprint density at radius 3 is 2.77 bits per heavy atom. The van der Waals surface area contributed by atoms with Crippen molar-refractivity contribution >= 4 is 23.5 Å². The molecule has 1 aromatic carbocycles. The molecule has 4 aliphatic rings. The maximum atomic E-state index is 12.6. The molecule has 1 aromatic rings. The number of carbonyl (C=O) groups is 2. The molecule has 3 fully saturated rings. The van der Waals surface area contributed by atoms with Crippen molar-refractivity contribution in [2.24, 2.45) is 4.99 Å². The average Bonchev–Trinajstić information content (AvgIpc) is 3.58. The van der Waals surface area contributed by atoms with E-state index >= 15 is 0 Å². The zero-order valence-corrected chi connectivity index (χ0v) is 18.6. The van der Waals surface area contributed by atoms with E-state index in [0.717, 1.165) is 48.6 Å². The highest BCUT2D eigenvalue weighted by Crippen LogP contribution is 2.50. The van der Waals surface area contributed by atoms with Crippen LogP contribution in [0.1, 0.15) is 63.4 Å². The van der Waals surface area contributed by atoms with E-state index in [0.29, 0.717) is 32.0 Å². The third kappa shape index (κ3) is 3.58. The van der Waals surface area contributed by atoms with E-state index in [1.165, 1.54) is 19.3 Å². The summed E-state index contributed by atoms with van der Waals surface area (Å²) in [6.07, 6.45) is 9.09. The van der Waals surface area contributed by atoms with Crippen LogP contribution < -0.4 is 4.74 Å². The quantitative estimate of drug-likeness (QED) is 0.656. The summed E-state index contributed by atoms with van der Waals surface area (Å²) in [5.74, 6) is 1.96. The molecule has 31 heavy (non-hydrogen) atoms. The van der Waals surface area contributed by atoms with Gasteiger partial charge in [0.1, 0.15) is 11.3 Å². The van der Waals surface area contributed by atoms with Crippen LogP contribution in [0.3, 0.4) is 0 Å². The van der Waals surface area contributed by atoms with Crippen LogP contribution in [0.5, 0.6) is 5.75 Å². The fourth-order valence-electron chi connectivity index (χ4n) is 5.28. The Bertz CT molecular complexity index is 917. The SMILES string of the molecule is CN1C(=O)C2(CC2)N2Cc3cc(OCCCC(=O)N(C)C4CCCCC4)ccc3N=C12. The number of rotatable bonds is 6. The van der Waals surface area contributed by atoms with E-state index in [-0.39, 0.29) is 17.4 Å². The molecule has 0 aromatic heterocycles. The fraction of sp³-hybridized carbons (Fsp3) is 0.625. The third-order valence-corrected chi connectivity index (χ3v) is 7.40. The molecule has 0 radical (unpaired) electrons. The second kappa shape index (κ2) is 7.84. The minimum atomic E-state index is -0.354. The molecule has 2 aliphatic heterocycles. The van der Waals surface area contributed by atoms with Gasteiger partial charge in [0.15, 0.2) is 0 Å². The number of benzene rings is 1. The van der Waals surface area contributed by atoms with Crippen molar-refractivity contribution in [1.82, 2.24) is 14.7 Å². The first-order valence-corrected chi connectivity index (χ1v) is 11.7. The van der Waals surface area contributed by atoms with Crippen molar-refractivity contribution in [2.45, 2.75) is 75.9 Å². The van der Waals surface area contributed by atoms with Crippen LogP contribution in [-0.4, -0.2) is 64.8 Å². The fourth-order valence-corrected chi connectivity index (χ4v) is 5.28. The maximum Gasteiger partial charge on any atom is 0.255 e. The Kier molecular flexibility index (Phi) is 5.15. The summed E-state index contributed by atoms with van der Waals surface area (Å²) >= 11 is 0. The highest BCUT2D eigenvalue weighted by Gasteiger charge is 2.63. The van der Waals surface area contributed by atoms with Crippen molar-refractivity contribution in [1.29, 1.82) is 0 Å².